The van der Waals surface area contributed by atoms with E-state index >= 15 is 0 Å². The maximum absolute atomic E-state index is 12.9. The Kier molecular flexibility index (Phi) is 6.42. The van der Waals surface area contributed by atoms with Gasteiger partial charge in [-0.15, -0.1) is 11.3 Å². The molecule has 1 fully saturated rings. The van der Waals surface area contributed by atoms with Gasteiger partial charge in [-0.1, -0.05) is 12.1 Å². The Morgan fingerprint density at radius 3 is 2.61 bits per heavy atom. The third-order valence-corrected chi connectivity index (χ3v) is 5.74. The summed E-state index contributed by atoms with van der Waals surface area (Å²) in [6.45, 7) is 1.49. The summed E-state index contributed by atoms with van der Waals surface area (Å²) in [5, 5.41) is 7.56. The quantitative estimate of drug-likeness (QED) is 0.609. The molecule has 160 valence electrons. The lowest BCUT2D eigenvalue weighted by Gasteiger charge is -2.27. The minimum absolute atomic E-state index is 0.0271. The lowest BCUT2D eigenvalue weighted by atomic mass is 10.1. The largest absolute Gasteiger partial charge is 0.459 e. The van der Waals surface area contributed by atoms with Crippen LogP contribution in [0.5, 0.6) is 0 Å². The van der Waals surface area contributed by atoms with Crippen molar-refractivity contribution in [3.63, 3.8) is 0 Å². The molecule has 1 saturated heterocycles. The first-order valence-corrected chi connectivity index (χ1v) is 11.0. The second-order valence-corrected chi connectivity index (χ2v) is 8.06. The molecular weight excluding hydrogens is 416 g/mol. The van der Waals surface area contributed by atoms with Crippen molar-refractivity contribution in [1.29, 1.82) is 0 Å². The molecule has 4 rings (SSSR count). The van der Waals surface area contributed by atoms with Gasteiger partial charge >= 0.3 is 0 Å². The van der Waals surface area contributed by atoms with Gasteiger partial charge in [0.05, 0.1) is 29.6 Å². The number of rotatable bonds is 6. The van der Waals surface area contributed by atoms with Gasteiger partial charge in [-0.05, 0) is 43.5 Å². The summed E-state index contributed by atoms with van der Waals surface area (Å²) in [5.41, 5.74) is 1.50. The number of carbonyl (C=O) groups excluding carboxylic acids is 3. The summed E-state index contributed by atoms with van der Waals surface area (Å²) in [6, 6.07) is 10.2. The summed E-state index contributed by atoms with van der Waals surface area (Å²) in [5.74, 6) is -0.565. The minimum Gasteiger partial charge on any atom is -0.459 e. The maximum atomic E-state index is 12.9. The fraction of sp³-hybridized carbons (Fsp3) is 0.273. The zero-order valence-corrected chi connectivity index (χ0v) is 17.6. The smallest absolute Gasteiger partial charge is 0.293 e. The Balaban J connectivity index is 1.38. The average Bonchev–Trinajstić information content (AvgIpc) is 3.47. The minimum atomic E-state index is -0.402. The van der Waals surface area contributed by atoms with Crippen LogP contribution in [0.2, 0.25) is 0 Å². The van der Waals surface area contributed by atoms with Crippen molar-refractivity contribution in [2.75, 3.05) is 23.7 Å². The highest BCUT2D eigenvalue weighted by molar-refractivity contribution is 7.14. The van der Waals surface area contributed by atoms with Crippen LogP contribution in [0.3, 0.4) is 0 Å². The summed E-state index contributed by atoms with van der Waals surface area (Å²) in [7, 11) is 0. The number of thiazole rings is 1. The van der Waals surface area contributed by atoms with Gasteiger partial charge in [0.25, 0.3) is 11.8 Å². The standard InChI is InChI=1S/C22H22N4O4S/c27-19(13-15-14-31-22(23-15)25-20(28)18-9-6-12-30-18)24-17-8-3-2-7-16(17)21(29)26-10-4-1-5-11-26/h2-3,6-9,12,14H,1,4-5,10-11,13H2,(H,24,27)(H,23,25,28). The van der Waals surface area contributed by atoms with Crippen molar-refractivity contribution in [3.05, 3.63) is 65.1 Å². The number of furan rings is 1. The van der Waals surface area contributed by atoms with E-state index in [0.717, 1.165) is 32.4 Å². The van der Waals surface area contributed by atoms with Crippen LogP contribution >= 0.6 is 11.3 Å². The number of para-hydroxylation sites is 1. The Bertz CT molecular complexity index is 1070. The first kappa shape index (κ1) is 20.8. The number of benzene rings is 1. The number of likely N-dealkylation sites (tertiary alicyclic amines) is 1. The van der Waals surface area contributed by atoms with Crippen LogP contribution < -0.4 is 10.6 Å². The SMILES string of the molecule is O=C(Cc1csc(NC(=O)c2ccco2)n1)Nc1ccccc1C(=O)N1CCCCC1. The van der Waals surface area contributed by atoms with E-state index in [4.69, 9.17) is 4.42 Å². The number of amides is 3. The average molecular weight is 439 g/mol. The fourth-order valence-electron chi connectivity index (χ4n) is 3.42. The predicted molar refractivity (Wildman–Crippen MR) is 117 cm³/mol. The van der Waals surface area contributed by atoms with Crippen LogP contribution in [0.25, 0.3) is 0 Å². The van der Waals surface area contributed by atoms with E-state index in [1.165, 1.54) is 17.6 Å². The molecule has 2 aromatic heterocycles. The molecule has 1 aliphatic heterocycles. The molecule has 0 atom stereocenters. The highest BCUT2D eigenvalue weighted by atomic mass is 32.1. The number of aromatic nitrogens is 1. The Morgan fingerprint density at radius 1 is 1.03 bits per heavy atom. The van der Waals surface area contributed by atoms with Gasteiger partial charge < -0.3 is 14.6 Å². The van der Waals surface area contributed by atoms with Gasteiger partial charge in [-0.3, -0.25) is 19.7 Å². The third-order valence-electron chi connectivity index (χ3n) is 4.93. The zero-order valence-electron chi connectivity index (χ0n) is 16.8. The molecule has 1 aliphatic rings. The van der Waals surface area contributed by atoms with Gasteiger partial charge in [0.1, 0.15) is 0 Å². The van der Waals surface area contributed by atoms with Crippen molar-refractivity contribution in [3.8, 4) is 0 Å². The lowest BCUT2D eigenvalue weighted by molar-refractivity contribution is -0.115. The van der Waals surface area contributed by atoms with E-state index < -0.39 is 5.91 Å². The van der Waals surface area contributed by atoms with E-state index in [9.17, 15) is 14.4 Å². The number of nitrogens with zero attached hydrogens (tertiary/aromatic N) is 2. The van der Waals surface area contributed by atoms with Gasteiger partial charge in [0.2, 0.25) is 5.91 Å². The van der Waals surface area contributed by atoms with Gasteiger partial charge in [0, 0.05) is 18.5 Å². The van der Waals surface area contributed by atoms with Gasteiger partial charge in [0.15, 0.2) is 10.9 Å². The molecular formula is C22H22N4O4S. The van der Waals surface area contributed by atoms with Crippen LogP contribution in [0.4, 0.5) is 10.8 Å². The van der Waals surface area contributed by atoms with Crippen molar-refractivity contribution in [2.45, 2.75) is 25.7 Å². The predicted octanol–water partition coefficient (Wildman–Crippen LogP) is 3.80. The molecule has 1 aromatic carbocycles. The van der Waals surface area contributed by atoms with Gasteiger partial charge in [-0.25, -0.2) is 4.98 Å². The van der Waals surface area contributed by atoms with E-state index in [2.05, 4.69) is 15.6 Å². The maximum Gasteiger partial charge on any atom is 0.293 e. The second kappa shape index (κ2) is 9.57. The second-order valence-electron chi connectivity index (χ2n) is 7.20. The van der Waals surface area contributed by atoms with Crippen LogP contribution in [0.1, 0.15) is 45.9 Å². The molecule has 3 aromatic rings. The molecule has 0 radical (unpaired) electrons. The van der Waals surface area contributed by atoms with E-state index in [1.807, 2.05) is 4.90 Å². The number of nitrogens with one attached hydrogen (secondary N) is 2. The molecule has 3 heterocycles. The number of carbonyl (C=O) groups is 3. The summed E-state index contributed by atoms with van der Waals surface area (Å²) in [6.07, 6.45) is 4.59. The summed E-state index contributed by atoms with van der Waals surface area (Å²) < 4.78 is 5.05. The molecule has 31 heavy (non-hydrogen) atoms. The molecule has 0 spiro atoms. The van der Waals surface area contributed by atoms with Crippen LogP contribution in [0.15, 0.2) is 52.5 Å². The Labute approximate surface area is 183 Å². The summed E-state index contributed by atoms with van der Waals surface area (Å²) >= 11 is 1.22. The number of hydrogen-bond acceptors (Lipinski definition) is 6. The molecule has 2 N–H and O–H groups in total. The first-order chi connectivity index (χ1) is 15.1. The normalized spacial score (nSPS) is 13.6. The molecule has 0 saturated carbocycles. The lowest BCUT2D eigenvalue weighted by Crippen LogP contribution is -2.36. The van der Waals surface area contributed by atoms with Crippen molar-refractivity contribution in [2.24, 2.45) is 0 Å². The Morgan fingerprint density at radius 2 is 1.84 bits per heavy atom. The van der Waals surface area contributed by atoms with E-state index in [-0.39, 0.29) is 24.0 Å². The van der Waals surface area contributed by atoms with Gasteiger partial charge in [-0.2, -0.15) is 0 Å². The highest BCUT2D eigenvalue weighted by Crippen LogP contribution is 2.21. The Hall–Kier alpha value is -3.46. The van der Waals surface area contributed by atoms with Crippen molar-refractivity contribution >= 4 is 39.9 Å². The van der Waals surface area contributed by atoms with Crippen LogP contribution in [-0.4, -0.2) is 40.7 Å². The van der Waals surface area contributed by atoms with Crippen LogP contribution in [0, 0.1) is 0 Å². The molecule has 0 bridgehead atoms. The number of anilines is 2. The number of piperidine rings is 1. The van der Waals surface area contributed by atoms with Crippen molar-refractivity contribution < 1.29 is 18.8 Å². The molecule has 0 aliphatic carbocycles. The van der Waals surface area contributed by atoms with Crippen LogP contribution in [-0.2, 0) is 11.2 Å². The van der Waals surface area contributed by atoms with E-state index in [0.29, 0.717) is 22.1 Å². The molecule has 9 heteroatoms. The molecule has 0 unspecified atom stereocenters. The first-order valence-electron chi connectivity index (χ1n) is 10.1. The van der Waals surface area contributed by atoms with E-state index in [1.54, 1.807) is 41.8 Å². The third kappa shape index (κ3) is 5.18. The van der Waals surface area contributed by atoms with Crippen molar-refractivity contribution in [1.82, 2.24) is 9.88 Å². The monoisotopic (exact) mass is 438 g/mol. The molecule has 3 amide bonds. The topological polar surface area (TPSA) is 105 Å². The highest BCUT2D eigenvalue weighted by Gasteiger charge is 2.21. The molecule has 8 nitrogen and oxygen atoms in total. The summed E-state index contributed by atoms with van der Waals surface area (Å²) in [4.78, 5) is 43.6. The zero-order chi connectivity index (χ0) is 21.6. The fourth-order valence-corrected chi connectivity index (χ4v) is 4.12. The number of hydrogen-bond donors (Lipinski definition) is 2.